The summed E-state index contributed by atoms with van der Waals surface area (Å²) in [7, 11) is 0. The Morgan fingerprint density at radius 1 is 0.977 bits per heavy atom. The second-order valence-electron chi connectivity index (χ2n) is 12.2. The number of aryl methyl sites for hydroxylation is 1. The van der Waals surface area contributed by atoms with E-state index in [1.54, 1.807) is 12.1 Å². The number of piperidine rings is 1. The van der Waals surface area contributed by atoms with E-state index in [9.17, 15) is 19.2 Å². The molecule has 2 aliphatic heterocycles. The summed E-state index contributed by atoms with van der Waals surface area (Å²) in [5.74, 6) is 0.155. The second-order valence-corrected chi connectivity index (χ2v) is 12.2. The van der Waals surface area contributed by atoms with Gasteiger partial charge in [-0.25, -0.2) is 4.68 Å². The number of nitrogens with one attached hydrogen (secondary N) is 2. The van der Waals surface area contributed by atoms with E-state index in [0.717, 1.165) is 54.8 Å². The van der Waals surface area contributed by atoms with E-state index >= 15 is 0 Å². The van der Waals surface area contributed by atoms with Crippen LogP contribution in [0.5, 0.6) is 0 Å². The van der Waals surface area contributed by atoms with Gasteiger partial charge in [0.05, 0.1) is 17.2 Å². The number of aromatic nitrogens is 6. The number of amides is 4. The Labute approximate surface area is 253 Å². The van der Waals surface area contributed by atoms with Gasteiger partial charge in [-0.2, -0.15) is 4.98 Å². The van der Waals surface area contributed by atoms with Gasteiger partial charge >= 0.3 is 0 Å². The molecule has 2 aliphatic carbocycles. The molecule has 0 bridgehead atoms. The van der Waals surface area contributed by atoms with Gasteiger partial charge in [-0.1, -0.05) is 36.9 Å². The molecule has 2 aromatic heterocycles. The normalized spacial score (nSPS) is 21.8. The first kappa shape index (κ1) is 28.4. The quantitative estimate of drug-likeness (QED) is 0.258. The summed E-state index contributed by atoms with van der Waals surface area (Å²) < 4.78 is 7.68. The molecule has 1 aromatic carbocycles. The summed E-state index contributed by atoms with van der Waals surface area (Å²) in [6, 6.07) is 4.00. The molecule has 2 saturated carbocycles. The third kappa shape index (κ3) is 5.31. The van der Waals surface area contributed by atoms with Crippen LogP contribution in [0.2, 0.25) is 0 Å². The average Bonchev–Trinajstić information content (AvgIpc) is 3.73. The Hall–Kier alpha value is -4.33. The minimum absolute atomic E-state index is 0.0849. The van der Waals surface area contributed by atoms with Crippen LogP contribution >= 0.6 is 0 Å². The number of hydrogen-bond acceptors (Lipinski definition) is 11. The maximum atomic E-state index is 13.2. The van der Waals surface area contributed by atoms with Crippen LogP contribution in [0.4, 0.5) is 0 Å². The molecule has 4 heterocycles. The Morgan fingerprint density at radius 3 is 2.57 bits per heavy atom. The Bertz CT molecular complexity index is 1590. The van der Waals surface area contributed by atoms with Crippen molar-refractivity contribution in [3.8, 4) is 0 Å². The summed E-state index contributed by atoms with van der Waals surface area (Å²) in [5, 5.41) is 22.8. The minimum Gasteiger partial charge on any atom is -0.337 e. The van der Waals surface area contributed by atoms with Gasteiger partial charge in [-0.3, -0.25) is 34.7 Å². The molecule has 0 radical (unpaired) electrons. The average molecular weight is 602 g/mol. The minimum atomic E-state index is -0.982. The molecule has 3 aromatic rings. The number of imide groups is 2. The highest BCUT2D eigenvalue weighted by atomic mass is 16.5. The number of hydrogen-bond donors (Lipinski definition) is 2. The molecule has 14 nitrogen and oxygen atoms in total. The summed E-state index contributed by atoms with van der Waals surface area (Å²) in [6.45, 7) is 0.579. The highest BCUT2D eigenvalue weighted by Crippen LogP contribution is 2.36. The van der Waals surface area contributed by atoms with Gasteiger partial charge in [0.1, 0.15) is 12.1 Å². The Kier molecular flexibility index (Phi) is 7.75. The van der Waals surface area contributed by atoms with Gasteiger partial charge in [-0.05, 0) is 79.6 Å². The van der Waals surface area contributed by atoms with Crippen molar-refractivity contribution < 1.29 is 23.7 Å². The molecule has 44 heavy (non-hydrogen) atoms. The van der Waals surface area contributed by atoms with Crippen LogP contribution in [-0.2, 0) is 16.0 Å². The van der Waals surface area contributed by atoms with Gasteiger partial charge in [0.15, 0.2) is 11.6 Å². The zero-order chi connectivity index (χ0) is 30.2. The molecule has 3 fully saturated rings. The molecule has 1 saturated heterocycles. The zero-order valence-electron chi connectivity index (χ0n) is 24.4. The highest BCUT2D eigenvalue weighted by Gasteiger charge is 2.44. The zero-order valence-corrected chi connectivity index (χ0v) is 24.4. The maximum Gasteiger partial charge on any atom is 0.262 e. The van der Waals surface area contributed by atoms with Gasteiger partial charge in [-0.15, -0.1) is 5.10 Å². The highest BCUT2D eigenvalue weighted by molar-refractivity contribution is 6.23. The fourth-order valence-electron chi connectivity index (χ4n) is 6.67. The molecule has 7 rings (SSSR count). The first-order valence-electron chi connectivity index (χ1n) is 15.7. The lowest BCUT2D eigenvalue weighted by atomic mass is 9.85. The van der Waals surface area contributed by atoms with Crippen LogP contribution in [0.1, 0.15) is 132 Å². The van der Waals surface area contributed by atoms with Crippen molar-refractivity contribution in [2.24, 2.45) is 0 Å². The van der Waals surface area contributed by atoms with E-state index < -0.39 is 35.7 Å². The van der Waals surface area contributed by atoms with Crippen LogP contribution in [0.15, 0.2) is 22.7 Å². The van der Waals surface area contributed by atoms with Crippen molar-refractivity contribution in [3.63, 3.8) is 0 Å². The van der Waals surface area contributed by atoms with Crippen molar-refractivity contribution >= 4 is 23.6 Å². The van der Waals surface area contributed by atoms with Crippen molar-refractivity contribution in [1.29, 1.82) is 0 Å². The molecular weight excluding hydrogens is 566 g/mol. The fourth-order valence-corrected chi connectivity index (χ4v) is 6.67. The van der Waals surface area contributed by atoms with E-state index in [4.69, 9.17) is 9.51 Å². The predicted octanol–water partition coefficient (Wildman–Crippen LogP) is 2.54. The summed E-state index contributed by atoms with van der Waals surface area (Å²) in [5.41, 5.74) is 1.45. The molecule has 2 atom stereocenters. The molecule has 4 amide bonds. The topological polar surface area (TPSA) is 178 Å². The first-order chi connectivity index (χ1) is 21.5. The van der Waals surface area contributed by atoms with Gasteiger partial charge in [0.25, 0.3) is 17.7 Å². The van der Waals surface area contributed by atoms with Crippen LogP contribution < -0.4 is 10.6 Å². The number of nitrogens with zero attached hydrogens (tertiary/aromatic N) is 7. The SMILES string of the molecule is O=C1CCC(N2C(=O)c3ccc(CCCNC(c4nc(C5CCC5)no4)c4nnnn4C4CCCCC4)cc3C2=O)C(=O)N1. The predicted molar refractivity (Wildman–Crippen MR) is 152 cm³/mol. The molecule has 14 heteroatoms. The van der Waals surface area contributed by atoms with Crippen molar-refractivity contribution in [1.82, 2.24) is 45.9 Å². The van der Waals surface area contributed by atoms with Gasteiger partial charge in [0, 0.05) is 12.3 Å². The number of carbonyl (C=O) groups excluding carboxylic acids is 4. The molecule has 2 N–H and O–H groups in total. The summed E-state index contributed by atoms with van der Waals surface area (Å²) in [6.07, 6.45) is 10.4. The number of benzene rings is 1. The van der Waals surface area contributed by atoms with Crippen molar-refractivity contribution in [2.45, 2.75) is 101 Å². The van der Waals surface area contributed by atoms with Crippen LogP contribution in [0, 0.1) is 0 Å². The van der Waals surface area contributed by atoms with Crippen LogP contribution in [0.25, 0.3) is 0 Å². The smallest absolute Gasteiger partial charge is 0.262 e. The lowest BCUT2D eigenvalue weighted by Gasteiger charge is -2.27. The van der Waals surface area contributed by atoms with E-state index in [1.165, 1.54) is 12.8 Å². The van der Waals surface area contributed by atoms with E-state index in [-0.39, 0.29) is 30.0 Å². The second kappa shape index (κ2) is 12.0. The summed E-state index contributed by atoms with van der Waals surface area (Å²) >= 11 is 0. The molecule has 4 aliphatic rings. The summed E-state index contributed by atoms with van der Waals surface area (Å²) in [4.78, 5) is 55.9. The number of carbonyl (C=O) groups is 4. The molecule has 0 spiro atoms. The van der Waals surface area contributed by atoms with E-state index in [1.807, 2.05) is 10.7 Å². The van der Waals surface area contributed by atoms with E-state index in [0.29, 0.717) is 37.0 Å². The molecule has 230 valence electrons. The first-order valence-corrected chi connectivity index (χ1v) is 15.7. The standard InChI is InChI=1S/C30H35N9O5/c40-23-14-13-22(27(41)32-23)38-29(42)20-12-11-17(16-21(20)30(38)43)6-5-15-31-24(28-33-25(35-44-28)18-7-4-8-18)26-34-36-37-39(26)19-9-2-1-3-10-19/h11-12,16,18-19,22,24,31H,1-10,13-15H2,(H,32,40,41). The van der Waals surface area contributed by atoms with Crippen LogP contribution in [0.3, 0.4) is 0 Å². The fraction of sp³-hybridized carbons (Fsp3) is 0.567. The van der Waals surface area contributed by atoms with Crippen molar-refractivity contribution in [3.05, 3.63) is 52.4 Å². The van der Waals surface area contributed by atoms with Gasteiger partial charge < -0.3 is 4.52 Å². The monoisotopic (exact) mass is 601 g/mol. The Balaban J connectivity index is 1.04. The molecular formula is C30H35N9O5. The third-order valence-corrected chi connectivity index (χ3v) is 9.37. The number of tetrazole rings is 1. The number of fused-ring (bicyclic) bond motifs is 1. The van der Waals surface area contributed by atoms with Gasteiger partial charge in [0.2, 0.25) is 11.8 Å². The van der Waals surface area contributed by atoms with Crippen LogP contribution in [-0.4, -0.2) is 71.5 Å². The number of rotatable bonds is 10. The lowest BCUT2D eigenvalue weighted by Crippen LogP contribution is -2.54. The lowest BCUT2D eigenvalue weighted by molar-refractivity contribution is -0.136. The van der Waals surface area contributed by atoms with Crippen molar-refractivity contribution in [2.75, 3.05) is 6.54 Å². The Morgan fingerprint density at radius 2 is 1.80 bits per heavy atom. The maximum absolute atomic E-state index is 13.2. The largest absolute Gasteiger partial charge is 0.337 e. The third-order valence-electron chi connectivity index (χ3n) is 9.37. The molecule has 2 unspecified atom stereocenters. The van der Waals surface area contributed by atoms with E-state index in [2.05, 4.69) is 31.3 Å².